The summed E-state index contributed by atoms with van der Waals surface area (Å²) in [7, 11) is -0.949. The Kier molecular flexibility index (Phi) is 4.99. The van der Waals surface area contributed by atoms with Gasteiger partial charge in [0.1, 0.15) is 0 Å². The van der Waals surface area contributed by atoms with Crippen molar-refractivity contribution in [2.24, 2.45) is 5.14 Å². The first kappa shape index (κ1) is 19.0. The van der Waals surface area contributed by atoms with E-state index in [0.717, 1.165) is 11.6 Å². The summed E-state index contributed by atoms with van der Waals surface area (Å²) in [4.78, 5) is 1.27. The summed E-state index contributed by atoms with van der Waals surface area (Å²) in [6, 6.07) is 16.1. The number of anilines is 1. The highest BCUT2D eigenvalue weighted by atomic mass is 32.2. The van der Waals surface area contributed by atoms with Crippen LogP contribution in [0, 0.1) is 11.6 Å². The lowest BCUT2D eigenvalue weighted by Gasteiger charge is -2.19. The predicted molar refractivity (Wildman–Crippen MR) is 103 cm³/mol. The Hall–Kier alpha value is -2.77. The van der Waals surface area contributed by atoms with E-state index in [1.165, 1.54) is 17.0 Å². The van der Waals surface area contributed by atoms with Crippen LogP contribution >= 0.6 is 0 Å². The van der Waals surface area contributed by atoms with Crippen LogP contribution in [0.4, 0.5) is 14.5 Å². The molecule has 3 aromatic carbocycles. The van der Waals surface area contributed by atoms with Gasteiger partial charge in [0.25, 0.3) is 0 Å². The zero-order valence-electron chi connectivity index (χ0n) is 14.8. The molecule has 0 unspecified atom stereocenters. The van der Waals surface area contributed by atoms with Gasteiger partial charge < -0.3 is 4.90 Å². The van der Waals surface area contributed by atoms with E-state index in [1.54, 1.807) is 50.5 Å². The van der Waals surface area contributed by atoms with E-state index in [-0.39, 0.29) is 21.7 Å². The van der Waals surface area contributed by atoms with Crippen molar-refractivity contribution in [3.05, 3.63) is 72.3 Å². The van der Waals surface area contributed by atoms with Crippen LogP contribution in [0.3, 0.4) is 0 Å². The lowest BCUT2D eigenvalue weighted by atomic mass is 9.94. The maximum atomic E-state index is 14.3. The van der Waals surface area contributed by atoms with E-state index < -0.39 is 21.7 Å². The molecule has 27 heavy (non-hydrogen) atoms. The molecule has 0 amide bonds. The maximum absolute atomic E-state index is 14.3. The summed E-state index contributed by atoms with van der Waals surface area (Å²) >= 11 is 0. The molecular formula is C20H18F2N2O2S. The number of hydrogen-bond acceptors (Lipinski definition) is 3. The topological polar surface area (TPSA) is 63.4 Å². The predicted octanol–water partition coefficient (Wildman–Crippen LogP) is 4.01. The van der Waals surface area contributed by atoms with Crippen molar-refractivity contribution >= 4 is 15.7 Å². The zero-order chi connectivity index (χ0) is 19.8. The summed E-state index contributed by atoms with van der Waals surface area (Å²) in [6.45, 7) is 0. The third-order valence-electron chi connectivity index (χ3n) is 4.20. The molecule has 0 spiro atoms. The second kappa shape index (κ2) is 7.09. The molecule has 0 aliphatic rings. The molecule has 0 aliphatic heterocycles. The number of primary sulfonamides is 1. The van der Waals surface area contributed by atoms with E-state index in [1.807, 2.05) is 6.07 Å². The summed E-state index contributed by atoms with van der Waals surface area (Å²) in [5.41, 5.74) is 1.74. The van der Waals surface area contributed by atoms with Crippen molar-refractivity contribution in [2.75, 3.05) is 19.0 Å². The van der Waals surface area contributed by atoms with Crippen LogP contribution in [0.2, 0.25) is 0 Å². The Morgan fingerprint density at radius 3 is 2.15 bits per heavy atom. The summed E-state index contributed by atoms with van der Waals surface area (Å²) in [5, 5.41) is 5.40. The SMILES string of the molecule is CN(C)c1cc(-c2c(-c3ccccc3)cccc2S(N)(=O)=O)cc(F)c1F. The van der Waals surface area contributed by atoms with Gasteiger partial charge in [-0.25, -0.2) is 22.3 Å². The second-order valence-corrected chi connectivity index (χ2v) is 7.81. The molecule has 0 bridgehead atoms. The molecule has 0 heterocycles. The highest BCUT2D eigenvalue weighted by Gasteiger charge is 2.22. The van der Waals surface area contributed by atoms with Gasteiger partial charge in [-0.05, 0) is 34.9 Å². The normalized spacial score (nSPS) is 11.4. The van der Waals surface area contributed by atoms with E-state index in [9.17, 15) is 17.2 Å². The number of hydrogen-bond donors (Lipinski definition) is 1. The number of benzene rings is 3. The number of sulfonamides is 1. The molecule has 3 rings (SSSR count). The minimum atomic E-state index is -4.10. The summed E-state index contributed by atoms with van der Waals surface area (Å²) in [5.74, 6) is -2.07. The third kappa shape index (κ3) is 3.70. The smallest absolute Gasteiger partial charge is 0.238 e. The first-order valence-electron chi connectivity index (χ1n) is 8.08. The van der Waals surface area contributed by atoms with Gasteiger partial charge in [-0.1, -0.05) is 42.5 Å². The monoisotopic (exact) mass is 388 g/mol. The van der Waals surface area contributed by atoms with Crippen molar-refractivity contribution in [1.82, 2.24) is 0 Å². The van der Waals surface area contributed by atoms with E-state index in [2.05, 4.69) is 0 Å². The van der Waals surface area contributed by atoms with Gasteiger partial charge in [0, 0.05) is 19.7 Å². The van der Waals surface area contributed by atoms with Crippen molar-refractivity contribution < 1.29 is 17.2 Å². The molecule has 2 N–H and O–H groups in total. The number of nitrogens with two attached hydrogens (primary N) is 1. The number of rotatable bonds is 4. The molecule has 0 saturated carbocycles. The molecular weight excluding hydrogens is 370 g/mol. The Bertz CT molecular complexity index is 1100. The van der Waals surface area contributed by atoms with E-state index >= 15 is 0 Å². The van der Waals surface area contributed by atoms with Crippen LogP contribution in [0.1, 0.15) is 0 Å². The molecule has 0 fully saturated rings. The molecule has 3 aromatic rings. The number of halogens is 2. The Balaban J connectivity index is 2.42. The van der Waals surface area contributed by atoms with Crippen LogP contribution < -0.4 is 10.0 Å². The largest absolute Gasteiger partial charge is 0.375 e. The molecule has 4 nitrogen and oxygen atoms in total. The van der Waals surface area contributed by atoms with Gasteiger partial charge >= 0.3 is 0 Å². The average molecular weight is 388 g/mol. The fourth-order valence-corrected chi connectivity index (χ4v) is 3.75. The third-order valence-corrected chi connectivity index (χ3v) is 5.15. The van der Waals surface area contributed by atoms with Crippen molar-refractivity contribution in [3.8, 4) is 22.3 Å². The van der Waals surface area contributed by atoms with Crippen LogP contribution in [0.25, 0.3) is 22.3 Å². The van der Waals surface area contributed by atoms with Gasteiger partial charge in [-0.2, -0.15) is 0 Å². The first-order valence-corrected chi connectivity index (χ1v) is 9.62. The Morgan fingerprint density at radius 1 is 0.889 bits per heavy atom. The molecule has 140 valence electrons. The molecule has 0 atom stereocenters. The van der Waals surface area contributed by atoms with Crippen LogP contribution in [-0.4, -0.2) is 22.5 Å². The minimum absolute atomic E-state index is 0.00762. The van der Waals surface area contributed by atoms with Gasteiger partial charge in [0.05, 0.1) is 10.6 Å². The van der Waals surface area contributed by atoms with Crippen molar-refractivity contribution in [2.45, 2.75) is 4.90 Å². The zero-order valence-corrected chi connectivity index (χ0v) is 15.6. The fraction of sp³-hybridized carbons (Fsp3) is 0.100. The van der Waals surface area contributed by atoms with Crippen LogP contribution in [0.15, 0.2) is 65.6 Å². The van der Waals surface area contributed by atoms with Crippen LogP contribution in [-0.2, 0) is 10.0 Å². The Morgan fingerprint density at radius 2 is 1.56 bits per heavy atom. The van der Waals surface area contributed by atoms with Crippen LogP contribution in [0.5, 0.6) is 0 Å². The standard InChI is InChI=1S/C20H18F2N2O2S/c1-24(2)17-12-14(11-16(21)20(17)22)19-15(13-7-4-3-5-8-13)9-6-10-18(19)27(23,25)26/h3-12H,1-2H3,(H2,23,25,26). The summed E-state index contributed by atoms with van der Waals surface area (Å²) in [6.07, 6.45) is 0. The van der Waals surface area contributed by atoms with Gasteiger partial charge in [0.2, 0.25) is 10.0 Å². The quantitative estimate of drug-likeness (QED) is 0.734. The van der Waals surface area contributed by atoms with E-state index in [4.69, 9.17) is 5.14 Å². The lowest BCUT2D eigenvalue weighted by Crippen LogP contribution is -2.15. The summed E-state index contributed by atoms with van der Waals surface area (Å²) < 4.78 is 52.8. The minimum Gasteiger partial charge on any atom is -0.375 e. The lowest BCUT2D eigenvalue weighted by molar-refractivity contribution is 0.509. The van der Waals surface area contributed by atoms with E-state index in [0.29, 0.717) is 5.56 Å². The molecule has 0 aromatic heterocycles. The Labute approximate surface area is 156 Å². The van der Waals surface area contributed by atoms with Gasteiger partial charge in [-0.15, -0.1) is 0 Å². The molecule has 7 heteroatoms. The molecule has 0 saturated heterocycles. The molecule has 0 aliphatic carbocycles. The van der Waals surface area contributed by atoms with Crippen molar-refractivity contribution in [3.63, 3.8) is 0 Å². The highest BCUT2D eigenvalue weighted by molar-refractivity contribution is 7.89. The first-order chi connectivity index (χ1) is 12.7. The fourth-order valence-electron chi connectivity index (χ4n) is 2.97. The maximum Gasteiger partial charge on any atom is 0.238 e. The average Bonchev–Trinajstić information content (AvgIpc) is 2.63. The second-order valence-electron chi connectivity index (χ2n) is 6.28. The highest BCUT2D eigenvalue weighted by Crippen LogP contribution is 2.39. The van der Waals surface area contributed by atoms with Gasteiger partial charge in [-0.3, -0.25) is 0 Å². The molecule has 0 radical (unpaired) electrons. The van der Waals surface area contributed by atoms with Crippen molar-refractivity contribution in [1.29, 1.82) is 0 Å². The van der Waals surface area contributed by atoms with Gasteiger partial charge in [0.15, 0.2) is 11.6 Å². The number of nitrogens with zero attached hydrogens (tertiary/aromatic N) is 1.